The van der Waals surface area contributed by atoms with Crippen LogP contribution < -0.4 is 20.1 Å². The number of benzene rings is 2. The second-order valence-corrected chi connectivity index (χ2v) is 6.44. The second-order valence-electron chi connectivity index (χ2n) is 6.03. The van der Waals surface area contributed by atoms with Crippen LogP contribution >= 0.6 is 12.2 Å². The van der Waals surface area contributed by atoms with Gasteiger partial charge >= 0.3 is 0 Å². The molecule has 140 valence electrons. The van der Waals surface area contributed by atoms with Crippen molar-refractivity contribution in [2.24, 2.45) is 0 Å². The maximum Gasteiger partial charge on any atom is 0.176 e. The van der Waals surface area contributed by atoms with E-state index in [2.05, 4.69) is 46.9 Å². The number of aryl methyl sites for hydroxylation is 1. The van der Waals surface area contributed by atoms with Gasteiger partial charge in [-0.05, 0) is 36.8 Å². The third-order valence-corrected chi connectivity index (χ3v) is 4.21. The van der Waals surface area contributed by atoms with Crippen molar-refractivity contribution in [3.63, 3.8) is 0 Å². The molecule has 0 fully saturated rings. The molecule has 0 radical (unpaired) electrons. The summed E-state index contributed by atoms with van der Waals surface area (Å²) in [4.78, 5) is 0. The first-order chi connectivity index (χ1) is 13.1. The predicted octanol–water partition coefficient (Wildman–Crippen LogP) is 4.07. The van der Waals surface area contributed by atoms with E-state index in [1.165, 1.54) is 11.1 Å². The number of rotatable bonds is 6. The number of thiocarbonyl (C=S) groups is 1. The first-order valence-corrected chi connectivity index (χ1v) is 8.87. The van der Waals surface area contributed by atoms with Crippen LogP contribution in [0.1, 0.15) is 11.1 Å². The van der Waals surface area contributed by atoms with Crippen LogP contribution in [0.5, 0.6) is 11.5 Å². The maximum atomic E-state index is 5.39. The highest BCUT2D eigenvalue weighted by molar-refractivity contribution is 7.80. The van der Waals surface area contributed by atoms with Gasteiger partial charge in [0.1, 0.15) is 11.5 Å². The lowest BCUT2D eigenvalue weighted by Gasteiger charge is -2.13. The molecule has 7 heteroatoms. The molecule has 0 bridgehead atoms. The van der Waals surface area contributed by atoms with Gasteiger partial charge in [0.25, 0.3) is 0 Å². The molecule has 2 N–H and O–H groups in total. The van der Waals surface area contributed by atoms with Crippen molar-refractivity contribution in [1.29, 1.82) is 0 Å². The quantitative estimate of drug-likeness (QED) is 0.627. The van der Waals surface area contributed by atoms with Gasteiger partial charge in [-0.3, -0.25) is 4.68 Å². The van der Waals surface area contributed by atoms with Gasteiger partial charge in [0.2, 0.25) is 0 Å². The highest BCUT2D eigenvalue weighted by Gasteiger charge is 2.08. The molecule has 0 unspecified atom stereocenters. The van der Waals surface area contributed by atoms with E-state index in [0.717, 1.165) is 0 Å². The largest absolute Gasteiger partial charge is 0.497 e. The summed E-state index contributed by atoms with van der Waals surface area (Å²) in [6.07, 6.45) is 1.91. The highest BCUT2D eigenvalue weighted by Crippen LogP contribution is 2.29. The summed E-state index contributed by atoms with van der Waals surface area (Å²) in [7, 11) is 3.22. The molecular formula is C20H22N4O2S. The number of methoxy groups -OCH3 is 2. The second kappa shape index (κ2) is 8.55. The third-order valence-electron chi connectivity index (χ3n) is 4.00. The van der Waals surface area contributed by atoms with E-state index in [0.29, 0.717) is 34.7 Å². The normalized spacial score (nSPS) is 10.3. The summed E-state index contributed by atoms with van der Waals surface area (Å²) in [6, 6.07) is 15.7. The van der Waals surface area contributed by atoms with Gasteiger partial charge in [-0.15, -0.1) is 0 Å². The molecule has 0 spiro atoms. The fraction of sp³-hybridized carbons (Fsp3) is 0.200. The van der Waals surface area contributed by atoms with Crippen molar-refractivity contribution < 1.29 is 9.47 Å². The van der Waals surface area contributed by atoms with Gasteiger partial charge in [-0.2, -0.15) is 5.10 Å². The molecule has 0 saturated heterocycles. The third kappa shape index (κ3) is 4.98. The van der Waals surface area contributed by atoms with Crippen LogP contribution in [0.4, 0.5) is 11.5 Å². The van der Waals surface area contributed by atoms with E-state index >= 15 is 0 Å². The highest BCUT2D eigenvalue weighted by atomic mass is 32.1. The lowest BCUT2D eigenvalue weighted by Crippen LogP contribution is -2.20. The van der Waals surface area contributed by atoms with Crippen LogP contribution in [0, 0.1) is 6.92 Å². The summed E-state index contributed by atoms with van der Waals surface area (Å²) < 4.78 is 12.5. The Morgan fingerprint density at radius 1 is 1.04 bits per heavy atom. The lowest BCUT2D eigenvalue weighted by molar-refractivity contribution is 0.405. The molecule has 0 aliphatic carbocycles. The molecule has 6 nitrogen and oxygen atoms in total. The van der Waals surface area contributed by atoms with Crippen LogP contribution in [-0.2, 0) is 6.54 Å². The van der Waals surface area contributed by atoms with Crippen molar-refractivity contribution in [3.8, 4) is 11.5 Å². The Kier molecular flexibility index (Phi) is 5.93. The molecular weight excluding hydrogens is 360 g/mol. The fourth-order valence-corrected chi connectivity index (χ4v) is 2.79. The van der Waals surface area contributed by atoms with Gasteiger partial charge in [-0.1, -0.05) is 29.8 Å². The Morgan fingerprint density at radius 2 is 1.81 bits per heavy atom. The first-order valence-electron chi connectivity index (χ1n) is 8.46. The average molecular weight is 382 g/mol. The molecule has 0 saturated carbocycles. The Balaban J connectivity index is 1.63. The molecule has 1 heterocycles. The van der Waals surface area contributed by atoms with Gasteiger partial charge < -0.3 is 20.1 Å². The predicted molar refractivity (Wildman–Crippen MR) is 112 cm³/mol. The Morgan fingerprint density at radius 3 is 2.52 bits per heavy atom. The SMILES string of the molecule is COc1ccc(OC)c(NC(=S)Nc2ccn(Cc3ccc(C)cc3)n2)c1. The topological polar surface area (TPSA) is 60.3 Å². The molecule has 3 aromatic rings. The first kappa shape index (κ1) is 18.7. The van der Waals surface area contributed by atoms with Crippen molar-refractivity contribution in [1.82, 2.24) is 9.78 Å². The zero-order valence-corrected chi connectivity index (χ0v) is 16.3. The van der Waals surface area contributed by atoms with Gasteiger partial charge in [-0.25, -0.2) is 0 Å². The molecule has 3 rings (SSSR count). The van der Waals surface area contributed by atoms with Crippen LogP contribution in [0.25, 0.3) is 0 Å². The standard InChI is InChI=1S/C20H22N4O2S/c1-14-4-6-15(7-5-14)13-24-11-10-19(23-24)22-20(27)21-17-12-16(25-2)8-9-18(17)26-3/h4-12H,13H2,1-3H3,(H2,21,22,23,27). The van der Waals surface area contributed by atoms with Crippen LogP contribution in [0.3, 0.4) is 0 Å². The van der Waals surface area contributed by atoms with Crippen molar-refractivity contribution in [2.45, 2.75) is 13.5 Å². The Hall–Kier alpha value is -3.06. The van der Waals surface area contributed by atoms with Crippen LogP contribution in [0.15, 0.2) is 54.7 Å². The van der Waals surface area contributed by atoms with Crippen LogP contribution in [0.2, 0.25) is 0 Å². The average Bonchev–Trinajstić information content (AvgIpc) is 3.10. The molecule has 0 atom stereocenters. The number of nitrogens with zero attached hydrogens (tertiary/aromatic N) is 2. The zero-order valence-electron chi connectivity index (χ0n) is 15.5. The monoisotopic (exact) mass is 382 g/mol. The van der Waals surface area contributed by atoms with Gasteiger partial charge in [0.05, 0.1) is 26.5 Å². The number of aromatic nitrogens is 2. The van der Waals surface area contributed by atoms with E-state index in [1.807, 2.05) is 35.1 Å². The van der Waals surface area contributed by atoms with Gasteiger partial charge in [0.15, 0.2) is 10.9 Å². The van der Waals surface area contributed by atoms with E-state index in [9.17, 15) is 0 Å². The van der Waals surface area contributed by atoms with Gasteiger partial charge in [0, 0.05) is 18.3 Å². The Bertz CT molecular complexity index is 922. The summed E-state index contributed by atoms with van der Waals surface area (Å²) in [5, 5.41) is 11.1. The summed E-state index contributed by atoms with van der Waals surface area (Å²) in [6.45, 7) is 2.77. The maximum absolute atomic E-state index is 5.39. The number of ether oxygens (including phenoxy) is 2. The summed E-state index contributed by atoms with van der Waals surface area (Å²) in [5.41, 5.74) is 3.15. The number of hydrogen-bond acceptors (Lipinski definition) is 4. The minimum Gasteiger partial charge on any atom is -0.497 e. The fourth-order valence-electron chi connectivity index (χ4n) is 2.58. The van der Waals surface area contributed by atoms with E-state index in [4.69, 9.17) is 21.7 Å². The molecule has 27 heavy (non-hydrogen) atoms. The number of anilines is 2. The van der Waals surface area contributed by atoms with E-state index in [-0.39, 0.29) is 0 Å². The van der Waals surface area contributed by atoms with E-state index < -0.39 is 0 Å². The molecule has 0 aliphatic heterocycles. The molecule has 0 amide bonds. The van der Waals surface area contributed by atoms with E-state index in [1.54, 1.807) is 14.2 Å². The minimum atomic E-state index is 0.419. The zero-order chi connectivity index (χ0) is 19.2. The molecule has 2 aromatic carbocycles. The van der Waals surface area contributed by atoms with Crippen molar-refractivity contribution in [2.75, 3.05) is 24.9 Å². The number of hydrogen-bond donors (Lipinski definition) is 2. The number of nitrogens with one attached hydrogen (secondary N) is 2. The van der Waals surface area contributed by atoms with Crippen molar-refractivity contribution >= 4 is 28.8 Å². The molecule has 1 aromatic heterocycles. The van der Waals surface area contributed by atoms with Crippen LogP contribution in [-0.4, -0.2) is 29.1 Å². The summed E-state index contributed by atoms with van der Waals surface area (Å²) in [5.74, 6) is 2.05. The van der Waals surface area contributed by atoms with Crippen molar-refractivity contribution in [3.05, 3.63) is 65.9 Å². The minimum absolute atomic E-state index is 0.419. The smallest absolute Gasteiger partial charge is 0.176 e. The summed E-state index contributed by atoms with van der Waals surface area (Å²) >= 11 is 5.39. The lowest BCUT2D eigenvalue weighted by atomic mass is 10.1. The Labute approximate surface area is 164 Å². The molecule has 0 aliphatic rings.